The lowest BCUT2D eigenvalue weighted by Gasteiger charge is -2.11. The van der Waals surface area contributed by atoms with Gasteiger partial charge >= 0.3 is 0 Å². The summed E-state index contributed by atoms with van der Waals surface area (Å²) in [6.07, 6.45) is 0.766. The van der Waals surface area contributed by atoms with E-state index in [2.05, 4.69) is 23.2 Å². The molecule has 0 radical (unpaired) electrons. The molecule has 0 bridgehead atoms. The minimum Gasteiger partial charge on any atom is -0.492 e. The van der Waals surface area contributed by atoms with Crippen molar-refractivity contribution in [3.8, 4) is 17.6 Å². The van der Waals surface area contributed by atoms with Crippen LogP contribution in [0.4, 0.5) is 0 Å². The van der Waals surface area contributed by atoms with E-state index in [0.29, 0.717) is 6.61 Å². The fourth-order valence-electron chi connectivity index (χ4n) is 1.52. The van der Waals surface area contributed by atoms with Crippen LogP contribution in [0.2, 0.25) is 0 Å². The SMILES string of the molecule is CC#CCCOc1ccccc1CNCCOC. The van der Waals surface area contributed by atoms with Gasteiger partial charge in [0, 0.05) is 32.2 Å². The first-order valence-corrected chi connectivity index (χ1v) is 6.18. The van der Waals surface area contributed by atoms with Crippen molar-refractivity contribution >= 4 is 0 Å². The van der Waals surface area contributed by atoms with E-state index in [1.54, 1.807) is 7.11 Å². The number of hydrogen-bond acceptors (Lipinski definition) is 3. The molecule has 0 fully saturated rings. The number of rotatable bonds is 8. The van der Waals surface area contributed by atoms with E-state index in [-0.39, 0.29) is 0 Å². The quantitative estimate of drug-likeness (QED) is 0.564. The molecule has 0 spiro atoms. The zero-order chi connectivity index (χ0) is 13.1. The summed E-state index contributed by atoms with van der Waals surface area (Å²) in [5, 5.41) is 3.31. The van der Waals surface area contributed by atoms with Crippen molar-refractivity contribution in [2.24, 2.45) is 0 Å². The van der Waals surface area contributed by atoms with Gasteiger partial charge in [0.2, 0.25) is 0 Å². The average Bonchev–Trinajstić information content (AvgIpc) is 2.41. The van der Waals surface area contributed by atoms with Crippen molar-refractivity contribution in [3.05, 3.63) is 29.8 Å². The van der Waals surface area contributed by atoms with Gasteiger partial charge in [-0.3, -0.25) is 0 Å². The van der Waals surface area contributed by atoms with Crippen molar-refractivity contribution < 1.29 is 9.47 Å². The highest BCUT2D eigenvalue weighted by molar-refractivity contribution is 5.33. The highest BCUT2D eigenvalue weighted by Crippen LogP contribution is 2.17. The molecule has 18 heavy (non-hydrogen) atoms. The van der Waals surface area contributed by atoms with Gasteiger partial charge in [-0.2, -0.15) is 0 Å². The van der Waals surface area contributed by atoms with Crippen LogP contribution in [0.3, 0.4) is 0 Å². The molecule has 0 saturated heterocycles. The normalized spacial score (nSPS) is 9.67. The summed E-state index contributed by atoms with van der Waals surface area (Å²) >= 11 is 0. The summed E-state index contributed by atoms with van der Waals surface area (Å²) in [6, 6.07) is 8.07. The van der Waals surface area contributed by atoms with Gasteiger partial charge in [0.05, 0.1) is 13.2 Å². The first-order valence-electron chi connectivity index (χ1n) is 6.18. The molecule has 3 heteroatoms. The van der Waals surface area contributed by atoms with Gasteiger partial charge in [0.1, 0.15) is 5.75 Å². The fourth-order valence-corrected chi connectivity index (χ4v) is 1.52. The Hall–Kier alpha value is -1.50. The lowest BCUT2D eigenvalue weighted by molar-refractivity contribution is 0.199. The third-order valence-corrected chi connectivity index (χ3v) is 2.43. The molecule has 1 aromatic carbocycles. The lowest BCUT2D eigenvalue weighted by atomic mass is 10.2. The van der Waals surface area contributed by atoms with Gasteiger partial charge in [0.15, 0.2) is 0 Å². The molecular weight excluding hydrogens is 226 g/mol. The molecule has 98 valence electrons. The van der Waals surface area contributed by atoms with Crippen LogP contribution < -0.4 is 10.1 Å². The third-order valence-electron chi connectivity index (χ3n) is 2.43. The van der Waals surface area contributed by atoms with Gasteiger partial charge in [-0.1, -0.05) is 18.2 Å². The summed E-state index contributed by atoms with van der Waals surface area (Å²) in [4.78, 5) is 0. The molecule has 0 aromatic heterocycles. The van der Waals surface area contributed by atoms with Crippen LogP contribution in [0, 0.1) is 11.8 Å². The molecule has 1 aromatic rings. The largest absolute Gasteiger partial charge is 0.492 e. The van der Waals surface area contributed by atoms with Crippen LogP contribution >= 0.6 is 0 Å². The monoisotopic (exact) mass is 247 g/mol. The Kier molecular flexibility index (Phi) is 7.70. The van der Waals surface area contributed by atoms with Crippen LogP contribution in [0.5, 0.6) is 5.75 Å². The maximum absolute atomic E-state index is 5.72. The van der Waals surface area contributed by atoms with Crippen molar-refractivity contribution in [3.63, 3.8) is 0 Å². The Bertz CT molecular complexity index is 393. The molecular formula is C15H21NO2. The molecule has 0 unspecified atom stereocenters. The Balaban J connectivity index is 2.42. The van der Waals surface area contributed by atoms with E-state index in [4.69, 9.17) is 9.47 Å². The van der Waals surface area contributed by atoms with Crippen LogP contribution in [0.15, 0.2) is 24.3 Å². The van der Waals surface area contributed by atoms with Crippen LogP contribution in [0.1, 0.15) is 18.9 Å². The van der Waals surface area contributed by atoms with Crippen LogP contribution in [0.25, 0.3) is 0 Å². The van der Waals surface area contributed by atoms with Crippen molar-refractivity contribution in [2.45, 2.75) is 19.9 Å². The van der Waals surface area contributed by atoms with Crippen molar-refractivity contribution in [1.82, 2.24) is 5.32 Å². The number of para-hydroxylation sites is 1. The molecule has 0 aliphatic rings. The molecule has 0 aliphatic heterocycles. The van der Waals surface area contributed by atoms with E-state index in [1.807, 2.05) is 25.1 Å². The molecule has 0 aliphatic carbocycles. The topological polar surface area (TPSA) is 30.5 Å². The predicted molar refractivity (Wildman–Crippen MR) is 73.6 cm³/mol. The first-order chi connectivity index (χ1) is 8.88. The van der Waals surface area contributed by atoms with Gasteiger partial charge in [-0.05, 0) is 13.0 Å². The first kappa shape index (κ1) is 14.6. The molecule has 3 nitrogen and oxygen atoms in total. The number of benzene rings is 1. The maximum Gasteiger partial charge on any atom is 0.123 e. The van der Waals surface area contributed by atoms with Crippen LogP contribution in [-0.2, 0) is 11.3 Å². The third kappa shape index (κ3) is 5.72. The average molecular weight is 247 g/mol. The van der Waals surface area contributed by atoms with Crippen molar-refractivity contribution in [1.29, 1.82) is 0 Å². The van der Waals surface area contributed by atoms with Crippen LogP contribution in [-0.4, -0.2) is 26.9 Å². The zero-order valence-corrected chi connectivity index (χ0v) is 11.2. The summed E-state index contributed by atoms with van der Waals surface area (Å²) in [6.45, 7) is 4.82. The highest BCUT2D eigenvalue weighted by Gasteiger charge is 2.01. The Labute approximate surface area is 109 Å². The van der Waals surface area contributed by atoms with Gasteiger partial charge in [-0.25, -0.2) is 0 Å². The molecule has 0 saturated carbocycles. The number of nitrogens with one attached hydrogen (secondary N) is 1. The minimum atomic E-state index is 0.635. The Morgan fingerprint density at radius 3 is 2.83 bits per heavy atom. The van der Waals surface area contributed by atoms with Gasteiger partial charge in [-0.15, -0.1) is 11.8 Å². The molecule has 0 heterocycles. The standard InChI is InChI=1S/C15H21NO2/c1-3-4-7-11-18-15-9-6-5-8-14(15)13-16-10-12-17-2/h5-6,8-9,16H,7,10-13H2,1-2H3. The zero-order valence-electron chi connectivity index (χ0n) is 11.2. The highest BCUT2D eigenvalue weighted by atomic mass is 16.5. The Morgan fingerprint density at radius 1 is 1.22 bits per heavy atom. The number of hydrogen-bond donors (Lipinski definition) is 1. The second-order valence-electron chi connectivity index (χ2n) is 3.80. The van der Waals surface area contributed by atoms with E-state index in [0.717, 1.165) is 37.4 Å². The Morgan fingerprint density at radius 2 is 2.06 bits per heavy atom. The minimum absolute atomic E-state index is 0.635. The van der Waals surface area contributed by atoms with Gasteiger partial charge < -0.3 is 14.8 Å². The smallest absolute Gasteiger partial charge is 0.123 e. The molecule has 0 atom stereocenters. The van der Waals surface area contributed by atoms with E-state index in [9.17, 15) is 0 Å². The fraction of sp³-hybridized carbons (Fsp3) is 0.467. The predicted octanol–water partition coefficient (Wildman–Crippen LogP) is 2.21. The summed E-state index contributed by atoms with van der Waals surface area (Å²) in [5.74, 6) is 6.78. The summed E-state index contributed by atoms with van der Waals surface area (Å²) < 4.78 is 10.7. The van der Waals surface area contributed by atoms with E-state index in [1.165, 1.54) is 0 Å². The lowest BCUT2D eigenvalue weighted by Crippen LogP contribution is -2.19. The molecule has 1 N–H and O–H groups in total. The van der Waals surface area contributed by atoms with Gasteiger partial charge in [0.25, 0.3) is 0 Å². The number of methoxy groups -OCH3 is 1. The number of ether oxygens (including phenoxy) is 2. The summed E-state index contributed by atoms with van der Waals surface area (Å²) in [5.41, 5.74) is 1.16. The second kappa shape index (κ2) is 9.52. The van der Waals surface area contributed by atoms with E-state index >= 15 is 0 Å². The second-order valence-corrected chi connectivity index (χ2v) is 3.80. The van der Waals surface area contributed by atoms with E-state index < -0.39 is 0 Å². The maximum atomic E-state index is 5.72. The molecule has 1 rings (SSSR count). The molecule has 0 amide bonds. The van der Waals surface area contributed by atoms with Crippen molar-refractivity contribution in [2.75, 3.05) is 26.9 Å². The summed E-state index contributed by atoms with van der Waals surface area (Å²) in [7, 11) is 1.70.